The zero-order chi connectivity index (χ0) is 25.6. The second-order valence-corrected chi connectivity index (χ2v) is 9.10. The second kappa shape index (κ2) is 11.2. The van der Waals surface area contributed by atoms with Gasteiger partial charge in [0.25, 0.3) is 11.8 Å². The van der Waals surface area contributed by atoms with Crippen LogP contribution in [0.4, 0.5) is 0 Å². The van der Waals surface area contributed by atoms with Crippen LogP contribution in [0.2, 0.25) is 0 Å². The van der Waals surface area contributed by atoms with E-state index in [2.05, 4.69) is 5.32 Å². The van der Waals surface area contributed by atoms with E-state index < -0.39 is 12.1 Å². The van der Waals surface area contributed by atoms with Crippen LogP contribution in [0, 0.1) is 0 Å². The average Bonchev–Trinajstić information content (AvgIpc) is 2.97. The average molecular weight is 500 g/mol. The van der Waals surface area contributed by atoms with Crippen molar-refractivity contribution in [2.45, 2.75) is 18.6 Å². The second-order valence-electron chi connectivity index (χ2n) is 9.10. The number of hydrogen-bond acceptors (Lipinski definition) is 5. The number of hydrogen-bond donors (Lipinski definition) is 1. The van der Waals surface area contributed by atoms with Gasteiger partial charge in [-0.1, -0.05) is 60.7 Å². The molecule has 190 valence electrons. The van der Waals surface area contributed by atoms with Gasteiger partial charge in [0.05, 0.1) is 0 Å². The lowest BCUT2D eigenvalue weighted by Crippen LogP contribution is -2.58. The number of para-hydroxylation sites is 2. The molecule has 3 aromatic rings. The van der Waals surface area contributed by atoms with Gasteiger partial charge in [-0.05, 0) is 29.8 Å². The predicted molar refractivity (Wildman–Crippen MR) is 137 cm³/mol. The summed E-state index contributed by atoms with van der Waals surface area (Å²) >= 11 is 0. The Morgan fingerprint density at radius 3 is 2.08 bits per heavy atom. The maximum Gasteiger partial charge on any atom is 0.267 e. The van der Waals surface area contributed by atoms with Crippen molar-refractivity contribution in [1.82, 2.24) is 15.1 Å². The third-order valence-electron chi connectivity index (χ3n) is 6.61. The number of nitrogens with zero attached hydrogens (tertiary/aromatic N) is 2. The Bertz CT molecular complexity index is 1240. The lowest BCUT2D eigenvalue weighted by Gasteiger charge is -2.38. The van der Waals surface area contributed by atoms with Crippen LogP contribution >= 0.6 is 0 Å². The highest BCUT2D eigenvalue weighted by Crippen LogP contribution is 2.31. The largest absolute Gasteiger partial charge is 0.485 e. The molecule has 0 spiro atoms. The lowest BCUT2D eigenvalue weighted by atomic mass is 10.0. The molecule has 2 heterocycles. The Labute approximate surface area is 215 Å². The summed E-state index contributed by atoms with van der Waals surface area (Å²) in [6.45, 7) is 1.68. The highest BCUT2D eigenvalue weighted by molar-refractivity contribution is 5.97. The topological polar surface area (TPSA) is 88.2 Å². The standard InChI is InChI=1S/C29H29N3O5/c33-27(22-11-5-2-6-12-22)30-23(19-21-9-3-1-4-10-21)28(34)31-15-17-32(18-16-31)29(35)26-20-36-24-13-7-8-14-25(24)37-26/h1-14,23,26H,15-20H2,(H,30,33)/t23-,26+/m1/s1. The van der Waals surface area contributed by atoms with E-state index in [9.17, 15) is 14.4 Å². The van der Waals surface area contributed by atoms with Gasteiger partial charge < -0.3 is 24.6 Å². The lowest BCUT2D eigenvalue weighted by molar-refractivity contribution is -0.146. The maximum atomic E-state index is 13.5. The molecule has 5 rings (SSSR count). The SMILES string of the molecule is O=C(N[C@H](Cc1ccccc1)C(=O)N1CCN(C(=O)[C@@H]2COc3ccccc3O2)CC1)c1ccccc1. The molecule has 8 nitrogen and oxygen atoms in total. The Morgan fingerprint density at radius 2 is 1.38 bits per heavy atom. The van der Waals surface area contributed by atoms with Crippen LogP contribution in [0.5, 0.6) is 11.5 Å². The van der Waals surface area contributed by atoms with E-state index in [0.717, 1.165) is 5.56 Å². The van der Waals surface area contributed by atoms with Crippen molar-refractivity contribution >= 4 is 17.7 Å². The minimum atomic E-state index is -0.719. The minimum Gasteiger partial charge on any atom is -0.485 e. The Balaban J connectivity index is 1.22. The molecule has 0 unspecified atom stereocenters. The zero-order valence-corrected chi connectivity index (χ0v) is 20.4. The normalized spacial score (nSPS) is 17.6. The highest BCUT2D eigenvalue weighted by Gasteiger charge is 2.35. The summed E-state index contributed by atoms with van der Waals surface area (Å²) in [6, 6.07) is 25.0. The number of carbonyl (C=O) groups excluding carboxylic acids is 3. The van der Waals surface area contributed by atoms with Crippen LogP contribution in [-0.2, 0) is 16.0 Å². The van der Waals surface area contributed by atoms with Gasteiger partial charge >= 0.3 is 0 Å². The van der Waals surface area contributed by atoms with Crippen LogP contribution in [0.15, 0.2) is 84.9 Å². The van der Waals surface area contributed by atoms with E-state index >= 15 is 0 Å². The first-order valence-electron chi connectivity index (χ1n) is 12.4. The number of ether oxygens (including phenoxy) is 2. The van der Waals surface area contributed by atoms with Crippen LogP contribution in [0.3, 0.4) is 0 Å². The molecule has 3 amide bonds. The number of fused-ring (bicyclic) bond motifs is 1. The van der Waals surface area contributed by atoms with Crippen molar-refractivity contribution in [3.05, 3.63) is 96.1 Å². The molecule has 2 aliphatic heterocycles. The fraction of sp³-hybridized carbons (Fsp3) is 0.276. The third kappa shape index (κ3) is 5.74. The van der Waals surface area contributed by atoms with Gasteiger partial charge in [-0.15, -0.1) is 0 Å². The summed E-state index contributed by atoms with van der Waals surface area (Å²) in [6.07, 6.45) is -0.336. The molecule has 1 fully saturated rings. The molecule has 2 atom stereocenters. The molecular formula is C29H29N3O5. The van der Waals surface area contributed by atoms with E-state index in [1.165, 1.54) is 0 Å². The highest BCUT2D eigenvalue weighted by atomic mass is 16.6. The maximum absolute atomic E-state index is 13.5. The molecule has 0 aliphatic carbocycles. The summed E-state index contributed by atoms with van der Waals surface area (Å²) < 4.78 is 11.6. The van der Waals surface area contributed by atoms with E-state index in [-0.39, 0.29) is 24.3 Å². The van der Waals surface area contributed by atoms with Gasteiger partial charge in [-0.2, -0.15) is 0 Å². The summed E-state index contributed by atoms with van der Waals surface area (Å²) in [4.78, 5) is 42.9. The van der Waals surface area contributed by atoms with E-state index in [1.807, 2.05) is 54.6 Å². The number of nitrogens with one attached hydrogen (secondary N) is 1. The van der Waals surface area contributed by atoms with Crippen LogP contribution in [0.25, 0.3) is 0 Å². The van der Waals surface area contributed by atoms with Crippen LogP contribution in [-0.4, -0.2) is 72.5 Å². The number of rotatable bonds is 6. The van der Waals surface area contributed by atoms with E-state index in [4.69, 9.17) is 9.47 Å². The van der Waals surface area contributed by atoms with Crippen LogP contribution in [0.1, 0.15) is 15.9 Å². The molecule has 8 heteroatoms. The Morgan fingerprint density at radius 1 is 0.784 bits per heavy atom. The summed E-state index contributed by atoms with van der Waals surface area (Å²) in [7, 11) is 0. The van der Waals surface area contributed by atoms with Gasteiger partial charge in [0, 0.05) is 38.2 Å². The fourth-order valence-corrected chi connectivity index (χ4v) is 4.59. The van der Waals surface area contributed by atoms with Gasteiger partial charge in [-0.25, -0.2) is 0 Å². The number of amides is 3. The molecule has 0 saturated carbocycles. The van der Waals surface area contributed by atoms with Crippen molar-refractivity contribution in [3.63, 3.8) is 0 Å². The quantitative estimate of drug-likeness (QED) is 0.563. The number of carbonyl (C=O) groups is 3. The molecule has 0 radical (unpaired) electrons. The molecule has 0 aromatic heterocycles. The third-order valence-corrected chi connectivity index (χ3v) is 6.61. The predicted octanol–water partition coefficient (Wildman–Crippen LogP) is 2.54. The first-order valence-corrected chi connectivity index (χ1v) is 12.4. The molecule has 37 heavy (non-hydrogen) atoms. The van der Waals surface area contributed by atoms with E-state index in [1.54, 1.807) is 40.1 Å². The van der Waals surface area contributed by atoms with Gasteiger partial charge in [0.1, 0.15) is 12.6 Å². The van der Waals surface area contributed by atoms with Crippen molar-refractivity contribution < 1.29 is 23.9 Å². The van der Waals surface area contributed by atoms with E-state index in [0.29, 0.717) is 49.7 Å². The molecule has 1 saturated heterocycles. The van der Waals surface area contributed by atoms with Crippen molar-refractivity contribution in [1.29, 1.82) is 0 Å². The zero-order valence-electron chi connectivity index (χ0n) is 20.4. The van der Waals surface area contributed by atoms with Gasteiger partial charge in [0.2, 0.25) is 12.0 Å². The first-order chi connectivity index (χ1) is 18.1. The number of benzene rings is 3. The molecule has 0 bridgehead atoms. The summed E-state index contributed by atoms with van der Waals surface area (Å²) in [5.41, 5.74) is 1.46. The Hall–Kier alpha value is -4.33. The van der Waals surface area contributed by atoms with Crippen molar-refractivity contribution in [2.24, 2.45) is 0 Å². The van der Waals surface area contributed by atoms with Crippen LogP contribution < -0.4 is 14.8 Å². The summed E-state index contributed by atoms with van der Waals surface area (Å²) in [5, 5.41) is 2.93. The molecule has 2 aliphatic rings. The monoisotopic (exact) mass is 499 g/mol. The molecular weight excluding hydrogens is 470 g/mol. The first kappa shape index (κ1) is 24.4. The summed E-state index contributed by atoms with van der Waals surface area (Å²) in [5.74, 6) is 0.576. The van der Waals surface area contributed by atoms with Gasteiger partial charge in [-0.3, -0.25) is 14.4 Å². The minimum absolute atomic E-state index is 0.152. The van der Waals surface area contributed by atoms with Gasteiger partial charge in [0.15, 0.2) is 11.5 Å². The van der Waals surface area contributed by atoms with Crippen molar-refractivity contribution in [2.75, 3.05) is 32.8 Å². The fourth-order valence-electron chi connectivity index (χ4n) is 4.59. The Kier molecular flexibility index (Phi) is 7.35. The number of piperazine rings is 1. The van der Waals surface area contributed by atoms with Crippen molar-refractivity contribution in [3.8, 4) is 11.5 Å². The smallest absolute Gasteiger partial charge is 0.267 e. The molecule has 3 aromatic carbocycles. The molecule has 1 N–H and O–H groups in total.